The van der Waals surface area contributed by atoms with Crippen molar-refractivity contribution in [2.24, 2.45) is 0 Å². The number of hydrogen-bond acceptors (Lipinski definition) is 5. The molecule has 3 N–H and O–H groups in total. The van der Waals surface area contributed by atoms with Crippen LogP contribution in [0.5, 0.6) is 5.75 Å². The first-order valence-electron chi connectivity index (χ1n) is 6.27. The molecule has 0 saturated carbocycles. The van der Waals surface area contributed by atoms with E-state index >= 15 is 0 Å². The Morgan fingerprint density at radius 2 is 2.20 bits per heavy atom. The molecule has 1 heterocycles. The van der Waals surface area contributed by atoms with Crippen LogP contribution in [-0.4, -0.2) is 21.2 Å². The molecular weight excluding hydrogens is 276 g/mol. The first kappa shape index (κ1) is 14.5. The number of rotatable bonds is 6. The number of nitrogens with zero attached hydrogens (tertiary/aromatic N) is 1. The zero-order valence-corrected chi connectivity index (χ0v) is 11.9. The van der Waals surface area contributed by atoms with Crippen LogP contribution in [0.1, 0.15) is 29.8 Å². The second-order valence-electron chi connectivity index (χ2n) is 4.34. The Labute approximate surface area is 120 Å². The van der Waals surface area contributed by atoms with Gasteiger partial charge in [0, 0.05) is 17.5 Å². The maximum atomic E-state index is 11.3. The number of carbonyl (C=O) groups is 1. The van der Waals surface area contributed by atoms with Crippen LogP contribution in [0, 0.1) is 0 Å². The zero-order chi connectivity index (χ0) is 14.5. The highest BCUT2D eigenvalue weighted by Gasteiger charge is 2.21. The van der Waals surface area contributed by atoms with Crippen LogP contribution < -0.4 is 5.32 Å². The monoisotopic (exact) mass is 292 g/mol. The first-order chi connectivity index (χ1) is 9.63. The number of aliphatic carboxylic acids is 1. The fourth-order valence-electron chi connectivity index (χ4n) is 1.97. The molecule has 106 valence electrons. The molecular formula is C14H16N2O3S. The van der Waals surface area contributed by atoms with E-state index in [-0.39, 0.29) is 12.3 Å². The summed E-state index contributed by atoms with van der Waals surface area (Å²) in [6.07, 6.45) is 0.730. The lowest BCUT2D eigenvalue weighted by atomic mass is 10.1. The van der Waals surface area contributed by atoms with Gasteiger partial charge >= 0.3 is 5.97 Å². The van der Waals surface area contributed by atoms with Gasteiger partial charge in [0.15, 0.2) is 0 Å². The molecule has 0 bridgehead atoms. The number of aromatic nitrogens is 1. The fourth-order valence-corrected chi connectivity index (χ4v) is 2.55. The molecule has 0 fully saturated rings. The molecule has 5 nitrogen and oxygen atoms in total. The molecule has 1 unspecified atom stereocenters. The topological polar surface area (TPSA) is 82.5 Å². The quantitative estimate of drug-likeness (QED) is 0.761. The van der Waals surface area contributed by atoms with E-state index in [2.05, 4.69) is 10.3 Å². The third kappa shape index (κ3) is 3.15. The number of carboxylic acid groups (broad SMARTS) is 1. The number of phenolic OH excluding ortho intramolecular Hbond substituents is 1. The van der Waals surface area contributed by atoms with E-state index in [1.165, 1.54) is 11.3 Å². The second-order valence-corrected chi connectivity index (χ2v) is 5.06. The number of benzene rings is 1. The first-order valence-corrected chi connectivity index (χ1v) is 7.21. The summed E-state index contributed by atoms with van der Waals surface area (Å²) in [6, 6.07) is 4.62. The van der Waals surface area contributed by atoms with Gasteiger partial charge in [0.1, 0.15) is 11.8 Å². The van der Waals surface area contributed by atoms with Crippen molar-refractivity contribution in [3.63, 3.8) is 0 Å². The Morgan fingerprint density at radius 1 is 1.45 bits per heavy atom. The highest BCUT2D eigenvalue weighted by molar-refractivity contribution is 7.07. The number of hydrogen-bond donors (Lipinski definition) is 3. The summed E-state index contributed by atoms with van der Waals surface area (Å²) in [4.78, 5) is 15.3. The molecule has 0 saturated heterocycles. The van der Waals surface area contributed by atoms with Crippen molar-refractivity contribution in [3.05, 3.63) is 45.9 Å². The van der Waals surface area contributed by atoms with Crippen molar-refractivity contribution in [1.82, 2.24) is 10.3 Å². The van der Waals surface area contributed by atoms with E-state index in [0.29, 0.717) is 11.3 Å². The zero-order valence-electron chi connectivity index (χ0n) is 11.0. The van der Waals surface area contributed by atoms with E-state index < -0.39 is 12.0 Å². The minimum Gasteiger partial charge on any atom is -0.507 e. The number of aryl methyl sites for hydroxylation is 1. The molecule has 6 heteroatoms. The van der Waals surface area contributed by atoms with Gasteiger partial charge in [-0.3, -0.25) is 10.1 Å². The average molecular weight is 292 g/mol. The van der Waals surface area contributed by atoms with Crippen molar-refractivity contribution in [2.45, 2.75) is 25.9 Å². The van der Waals surface area contributed by atoms with Crippen LogP contribution >= 0.6 is 11.3 Å². The maximum absolute atomic E-state index is 11.3. The van der Waals surface area contributed by atoms with Crippen LogP contribution in [0.25, 0.3) is 0 Å². The molecule has 0 radical (unpaired) electrons. The summed E-state index contributed by atoms with van der Waals surface area (Å²) in [5, 5.41) is 23.9. The predicted octanol–water partition coefficient (Wildman–Crippen LogP) is 2.33. The van der Waals surface area contributed by atoms with Crippen molar-refractivity contribution < 1.29 is 15.0 Å². The van der Waals surface area contributed by atoms with Gasteiger partial charge in [0.25, 0.3) is 0 Å². The molecule has 2 rings (SSSR count). The summed E-state index contributed by atoms with van der Waals surface area (Å²) in [5.41, 5.74) is 3.62. The Kier molecular flexibility index (Phi) is 4.70. The van der Waals surface area contributed by atoms with Crippen molar-refractivity contribution in [3.8, 4) is 5.75 Å². The third-order valence-corrected chi connectivity index (χ3v) is 3.68. The number of aromatic hydroxyl groups is 1. The third-order valence-electron chi connectivity index (χ3n) is 3.07. The lowest BCUT2D eigenvalue weighted by Gasteiger charge is -2.14. The van der Waals surface area contributed by atoms with Crippen LogP contribution in [0.4, 0.5) is 0 Å². The van der Waals surface area contributed by atoms with Gasteiger partial charge in [-0.25, -0.2) is 4.98 Å². The smallest absolute Gasteiger partial charge is 0.327 e. The lowest BCUT2D eigenvalue weighted by molar-refractivity contribution is -0.139. The van der Waals surface area contributed by atoms with E-state index in [1.807, 2.05) is 19.1 Å². The van der Waals surface area contributed by atoms with Gasteiger partial charge in [0.05, 0.1) is 11.2 Å². The van der Waals surface area contributed by atoms with Crippen molar-refractivity contribution in [1.29, 1.82) is 0 Å². The van der Waals surface area contributed by atoms with Gasteiger partial charge in [0.2, 0.25) is 0 Å². The highest BCUT2D eigenvalue weighted by atomic mass is 32.1. The number of para-hydroxylation sites is 1. The number of carboxylic acids is 1. The molecule has 2 aromatic rings. The van der Waals surface area contributed by atoms with Gasteiger partial charge in [-0.2, -0.15) is 0 Å². The average Bonchev–Trinajstić information content (AvgIpc) is 2.94. The SMILES string of the molecule is CCc1cccc(CNC(C(=O)O)c2cscn2)c1O. The van der Waals surface area contributed by atoms with Gasteiger partial charge < -0.3 is 10.2 Å². The molecule has 0 aliphatic rings. The van der Waals surface area contributed by atoms with E-state index in [4.69, 9.17) is 0 Å². The summed E-state index contributed by atoms with van der Waals surface area (Å²) < 4.78 is 0. The van der Waals surface area contributed by atoms with Gasteiger partial charge in [-0.1, -0.05) is 25.1 Å². The molecule has 0 aliphatic heterocycles. The minimum absolute atomic E-state index is 0.227. The van der Waals surface area contributed by atoms with Crippen LogP contribution in [0.2, 0.25) is 0 Å². The standard InChI is InChI=1S/C14H16N2O3S/c1-2-9-4-3-5-10(13(9)17)6-15-12(14(18)19)11-7-20-8-16-11/h3-5,7-8,12,15,17H,2,6H2,1H3,(H,18,19). The summed E-state index contributed by atoms with van der Waals surface area (Å²) >= 11 is 1.35. The molecule has 1 atom stereocenters. The fraction of sp³-hybridized carbons (Fsp3) is 0.286. The molecule has 0 amide bonds. The number of nitrogens with one attached hydrogen (secondary N) is 1. The lowest BCUT2D eigenvalue weighted by Crippen LogP contribution is -2.28. The summed E-state index contributed by atoms with van der Waals surface area (Å²) in [5.74, 6) is -0.757. The van der Waals surface area contributed by atoms with Gasteiger partial charge in [-0.15, -0.1) is 11.3 Å². The normalized spacial score (nSPS) is 12.2. The molecule has 20 heavy (non-hydrogen) atoms. The largest absolute Gasteiger partial charge is 0.507 e. The molecule has 1 aromatic carbocycles. The Hall–Kier alpha value is -1.92. The summed E-state index contributed by atoms with van der Waals surface area (Å²) in [7, 11) is 0. The van der Waals surface area contributed by atoms with Crippen molar-refractivity contribution in [2.75, 3.05) is 0 Å². The molecule has 0 spiro atoms. The van der Waals surface area contributed by atoms with Crippen molar-refractivity contribution >= 4 is 17.3 Å². The highest BCUT2D eigenvalue weighted by Crippen LogP contribution is 2.23. The Morgan fingerprint density at radius 3 is 2.80 bits per heavy atom. The summed E-state index contributed by atoms with van der Waals surface area (Å²) in [6.45, 7) is 2.23. The van der Waals surface area contributed by atoms with Crippen LogP contribution in [0.3, 0.4) is 0 Å². The Balaban J connectivity index is 2.12. The van der Waals surface area contributed by atoms with E-state index in [1.54, 1.807) is 17.0 Å². The van der Waals surface area contributed by atoms with E-state index in [9.17, 15) is 15.0 Å². The Bertz CT molecular complexity index is 584. The second kappa shape index (κ2) is 6.49. The minimum atomic E-state index is -0.984. The molecule has 0 aliphatic carbocycles. The predicted molar refractivity (Wildman–Crippen MR) is 76.8 cm³/mol. The van der Waals surface area contributed by atoms with Crippen LogP contribution in [-0.2, 0) is 17.8 Å². The van der Waals surface area contributed by atoms with Crippen LogP contribution in [0.15, 0.2) is 29.1 Å². The molecule has 1 aromatic heterocycles. The number of thiazole rings is 1. The number of phenols is 1. The van der Waals surface area contributed by atoms with Gasteiger partial charge in [-0.05, 0) is 12.0 Å². The maximum Gasteiger partial charge on any atom is 0.327 e. The van der Waals surface area contributed by atoms with E-state index in [0.717, 1.165) is 12.0 Å².